The van der Waals surface area contributed by atoms with Crippen molar-refractivity contribution in [3.8, 4) is 0 Å². The van der Waals surface area contributed by atoms with Gasteiger partial charge in [0.1, 0.15) is 5.82 Å². The fraction of sp³-hybridized carbons (Fsp3) is 0.692. The zero-order valence-corrected chi connectivity index (χ0v) is 12.0. The fourth-order valence-electron chi connectivity index (χ4n) is 1.99. The van der Waals surface area contributed by atoms with Gasteiger partial charge in [-0.3, -0.25) is 9.88 Å². The smallest absolute Gasteiger partial charge is 0.144 e. The number of aromatic nitrogens is 2. The van der Waals surface area contributed by atoms with Gasteiger partial charge in [0, 0.05) is 37.2 Å². The monoisotopic (exact) mass is 266 g/mol. The van der Waals surface area contributed by atoms with Crippen molar-refractivity contribution in [3.05, 3.63) is 18.1 Å². The highest BCUT2D eigenvalue weighted by atomic mass is 32.2. The highest BCUT2D eigenvalue weighted by molar-refractivity contribution is 7.99. The number of hydrogen-bond donors (Lipinski definition) is 1. The van der Waals surface area contributed by atoms with Crippen molar-refractivity contribution in [3.63, 3.8) is 0 Å². The molecule has 0 aromatic carbocycles. The largest absolute Gasteiger partial charge is 0.369 e. The van der Waals surface area contributed by atoms with Gasteiger partial charge in [-0.2, -0.15) is 11.8 Å². The number of rotatable bonds is 5. The van der Waals surface area contributed by atoms with Crippen LogP contribution in [0.4, 0.5) is 5.82 Å². The molecule has 1 atom stereocenters. The Morgan fingerprint density at radius 3 is 3.00 bits per heavy atom. The van der Waals surface area contributed by atoms with Crippen LogP contribution in [0.2, 0.25) is 0 Å². The van der Waals surface area contributed by atoms with Crippen molar-refractivity contribution in [2.24, 2.45) is 0 Å². The maximum absolute atomic E-state index is 4.49. The predicted molar refractivity (Wildman–Crippen MR) is 78.0 cm³/mol. The molecular weight excluding hydrogens is 244 g/mol. The molecule has 1 unspecified atom stereocenters. The zero-order valence-electron chi connectivity index (χ0n) is 11.2. The lowest BCUT2D eigenvalue weighted by atomic mass is 10.3. The van der Waals surface area contributed by atoms with Gasteiger partial charge in [0.05, 0.1) is 18.1 Å². The molecule has 1 aromatic heterocycles. The maximum Gasteiger partial charge on any atom is 0.144 e. The summed E-state index contributed by atoms with van der Waals surface area (Å²) < 4.78 is 0. The van der Waals surface area contributed by atoms with Gasteiger partial charge < -0.3 is 5.32 Å². The Labute approximate surface area is 114 Å². The fourth-order valence-corrected chi connectivity index (χ4v) is 3.07. The lowest BCUT2D eigenvalue weighted by Crippen LogP contribution is -2.39. The van der Waals surface area contributed by atoms with E-state index in [9.17, 15) is 0 Å². The van der Waals surface area contributed by atoms with Gasteiger partial charge in [-0.05, 0) is 13.3 Å². The van der Waals surface area contributed by atoms with E-state index >= 15 is 0 Å². The Balaban J connectivity index is 1.89. The number of anilines is 1. The molecule has 1 N–H and O–H groups in total. The van der Waals surface area contributed by atoms with Gasteiger partial charge in [0.15, 0.2) is 0 Å². The summed E-state index contributed by atoms with van der Waals surface area (Å²) in [6.45, 7) is 7.46. The van der Waals surface area contributed by atoms with Gasteiger partial charge in [-0.15, -0.1) is 0 Å². The number of nitrogens with zero attached hydrogens (tertiary/aromatic N) is 3. The number of thioether (sulfide) groups is 1. The molecule has 100 valence electrons. The lowest BCUT2D eigenvalue weighted by Gasteiger charge is -2.32. The van der Waals surface area contributed by atoms with Crippen molar-refractivity contribution in [2.45, 2.75) is 32.9 Å². The summed E-state index contributed by atoms with van der Waals surface area (Å²) in [7, 11) is 0. The Kier molecular flexibility index (Phi) is 5.26. The summed E-state index contributed by atoms with van der Waals surface area (Å²) in [6, 6.07) is 0.642. The second-order valence-electron chi connectivity index (χ2n) is 4.71. The van der Waals surface area contributed by atoms with Crippen LogP contribution in [0, 0.1) is 0 Å². The molecule has 0 radical (unpaired) electrons. The Morgan fingerprint density at radius 2 is 2.33 bits per heavy atom. The molecule has 1 aromatic rings. The molecule has 0 aliphatic carbocycles. The molecule has 1 saturated heterocycles. The van der Waals surface area contributed by atoms with Crippen LogP contribution < -0.4 is 5.32 Å². The van der Waals surface area contributed by atoms with Crippen LogP contribution in [0.3, 0.4) is 0 Å². The average molecular weight is 266 g/mol. The minimum Gasteiger partial charge on any atom is -0.369 e. The van der Waals surface area contributed by atoms with Crippen LogP contribution in [0.5, 0.6) is 0 Å². The molecule has 1 aliphatic rings. The zero-order chi connectivity index (χ0) is 12.8. The second-order valence-corrected chi connectivity index (χ2v) is 5.86. The Bertz CT molecular complexity index is 355. The molecule has 1 aliphatic heterocycles. The third-order valence-corrected chi connectivity index (χ3v) is 4.32. The summed E-state index contributed by atoms with van der Waals surface area (Å²) in [5.74, 6) is 3.33. The first-order chi connectivity index (χ1) is 8.79. The first-order valence-corrected chi connectivity index (χ1v) is 7.81. The van der Waals surface area contributed by atoms with Crippen LogP contribution >= 0.6 is 11.8 Å². The van der Waals surface area contributed by atoms with Crippen LogP contribution in [0.25, 0.3) is 0 Å². The van der Waals surface area contributed by atoms with Crippen LogP contribution in [-0.4, -0.2) is 45.5 Å². The van der Waals surface area contributed by atoms with Crippen molar-refractivity contribution >= 4 is 17.6 Å². The molecule has 0 bridgehead atoms. The molecule has 2 rings (SSSR count). The molecule has 0 saturated carbocycles. The molecule has 0 spiro atoms. The molecular formula is C13H22N4S. The Morgan fingerprint density at radius 1 is 1.44 bits per heavy atom. The first kappa shape index (κ1) is 13.6. The summed E-state index contributed by atoms with van der Waals surface area (Å²) in [4.78, 5) is 11.4. The molecule has 0 amide bonds. The van der Waals surface area contributed by atoms with E-state index in [-0.39, 0.29) is 0 Å². The standard InChI is InChI=1S/C13H22N4S/c1-3-4-14-13-8-15-12(7-16-13)9-17-5-6-18-10-11(17)2/h7-8,11H,3-6,9-10H2,1-2H3,(H,14,16). The normalized spacial score (nSPS) is 20.9. The van der Waals surface area contributed by atoms with Crippen molar-refractivity contribution in [2.75, 3.05) is 29.9 Å². The number of hydrogen-bond acceptors (Lipinski definition) is 5. The number of nitrogens with one attached hydrogen (secondary N) is 1. The SMILES string of the molecule is CCCNc1cnc(CN2CCSCC2C)cn1. The summed E-state index contributed by atoms with van der Waals surface area (Å²) in [5.41, 5.74) is 1.07. The van der Waals surface area contributed by atoms with Crippen LogP contribution in [-0.2, 0) is 6.54 Å². The summed E-state index contributed by atoms with van der Waals surface area (Å²) >= 11 is 2.04. The predicted octanol–water partition coefficient (Wildman–Crippen LogP) is 2.24. The van der Waals surface area contributed by atoms with Crippen molar-refractivity contribution in [1.82, 2.24) is 14.9 Å². The van der Waals surface area contributed by atoms with E-state index in [1.807, 2.05) is 24.2 Å². The van der Waals surface area contributed by atoms with Gasteiger partial charge in [0.2, 0.25) is 0 Å². The average Bonchev–Trinajstić information content (AvgIpc) is 2.41. The third-order valence-electron chi connectivity index (χ3n) is 3.13. The van der Waals surface area contributed by atoms with Gasteiger partial charge in [0.25, 0.3) is 0 Å². The topological polar surface area (TPSA) is 41.1 Å². The molecule has 5 heteroatoms. The molecule has 18 heavy (non-hydrogen) atoms. The minimum atomic E-state index is 0.642. The van der Waals surface area contributed by atoms with E-state index in [0.29, 0.717) is 6.04 Å². The van der Waals surface area contributed by atoms with Crippen LogP contribution in [0.15, 0.2) is 12.4 Å². The highest BCUT2D eigenvalue weighted by Crippen LogP contribution is 2.17. The lowest BCUT2D eigenvalue weighted by molar-refractivity contribution is 0.221. The quantitative estimate of drug-likeness (QED) is 0.885. The Hall–Kier alpha value is -0.810. The van der Waals surface area contributed by atoms with Gasteiger partial charge in [-0.25, -0.2) is 4.98 Å². The molecule has 1 fully saturated rings. The molecule has 2 heterocycles. The molecule has 4 nitrogen and oxygen atoms in total. The summed E-state index contributed by atoms with van der Waals surface area (Å²) in [5, 5.41) is 3.24. The minimum absolute atomic E-state index is 0.642. The van der Waals surface area contributed by atoms with Crippen LogP contribution in [0.1, 0.15) is 26.0 Å². The van der Waals surface area contributed by atoms with Gasteiger partial charge in [-0.1, -0.05) is 6.92 Å². The van der Waals surface area contributed by atoms with Crippen molar-refractivity contribution < 1.29 is 0 Å². The van der Waals surface area contributed by atoms with E-state index in [1.54, 1.807) is 0 Å². The van der Waals surface area contributed by atoms with Crippen molar-refractivity contribution in [1.29, 1.82) is 0 Å². The second kappa shape index (κ2) is 6.95. The van der Waals surface area contributed by atoms with E-state index in [0.717, 1.165) is 37.6 Å². The summed E-state index contributed by atoms with van der Waals surface area (Å²) in [6.07, 6.45) is 4.84. The van der Waals surface area contributed by atoms with E-state index in [1.165, 1.54) is 11.5 Å². The maximum atomic E-state index is 4.49. The first-order valence-electron chi connectivity index (χ1n) is 6.66. The van der Waals surface area contributed by atoms with E-state index in [4.69, 9.17) is 0 Å². The third kappa shape index (κ3) is 3.85. The van der Waals surface area contributed by atoms with Gasteiger partial charge >= 0.3 is 0 Å². The van der Waals surface area contributed by atoms with E-state index < -0.39 is 0 Å². The highest BCUT2D eigenvalue weighted by Gasteiger charge is 2.18. The van der Waals surface area contributed by atoms with E-state index in [2.05, 4.69) is 34.0 Å².